The number of carboxylic acid groups (broad SMARTS) is 1. The maximum absolute atomic E-state index is 13.5. The zero-order valence-electron chi connectivity index (χ0n) is 18.7. The van der Waals surface area contributed by atoms with Crippen molar-refractivity contribution >= 4 is 28.1 Å². The Kier molecular flexibility index (Phi) is 5.74. The fourth-order valence-corrected chi connectivity index (χ4v) is 4.58. The summed E-state index contributed by atoms with van der Waals surface area (Å²) in [6.07, 6.45) is 0.960. The van der Waals surface area contributed by atoms with Crippen LogP contribution in [0.4, 0.5) is 11.4 Å². The molecule has 1 N–H and O–H groups in total. The smallest absolute Gasteiger partial charge is 0.306 e. The summed E-state index contributed by atoms with van der Waals surface area (Å²) in [5, 5.41) is 26.9. The summed E-state index contributed by atoms with van der Waals surface area (Å²) in [4.78, 5) is 38.2. The van der Waals surface area contributed by atoms with E-state index in [-0.39, 0.29) is 11.4 Å². The molecule has 1 aromatic heterocycles. The molecule has 2 heterocycles. The summed E-state index contributed by atoms with van der Waals surface area (Å²) in [5.41, 5.74) is 1.39. The van der Waals surface area contributed by atoms with E-state index in [4.69, 9.17) is 0 Å². The Hall–Kier alpha value is -4.53. The van der Waals surface area contributed by atoms with E-state index in [1.165, 1.54) is 6.07 Å². The van der Waals surface area contributed by atoms with Gasteiger partial charge in [0.05, 0.1) is 21.9 Å². The maximum Gasteiger partial charge on any atom is 0.306 e. The Morgan fingerprint density at radius 1 is 0.971 bits per heavy atom. The molecule has 0 bridgehead atoms. The SMILES string of the molecule is O=C(O)C1CCN(c2ccc([N+](=O)[O-])c(-n3nc(-c4ccccc4)c4ccccc4c3=O)c2)CC1. The van der Waals surface area contributed by atoms with Crippen molar-refractivity contribution in [3.8, 4) is 16.9 Å². The summed E-state index contributed by atoms with van der Waals surface area (Å²) < 4.78 is 1.11. The third-order valence-electron chi connectivity index (χ3n) is 6.45. The average Bonchev–Trinajstić information content (AvgIpc) is 2.89. The van der Waals surface area contributed by atoms with Crippen LogP contribution >= 0.6 is 0 Å². The van der Waals surface area contributed by atoms with Crippen LogP contribution < -0.4 is 10.5 Å². The van der Waals surface area contributed by atoms with E-state index < -0.39 is 22.4 Å². The zero-order valence-corrected chi connectivity index (χ0v) is 18.7. The molecule has 176 valence electrons. The number of benzene rings is 3. The second kappa shape index (κ2) is 9.02. The molecular weight excluding hydrogens is 448 g/mol. The summed E-state index contributed by atoms with van der Waals surface area (Å²) >= 11 is 0. The van der Waals surface area contributed by atoms with Crippen LogP contribution in [-0.2, 0) is 4.79 Å². The maximum atomic E-state index is 13.5. The number of hydrogen-bond donors (Lipinski definition) is 1. The topological polar surface area (TPSA) is 119 Å². The van der Waals surface area contributed by atoms with E-state index in [9.17, 15) is 24.8 Å². The van der Waals surface area contributed by atoms with Gasteiger partial charge in [-0.3, -0.25) is 19.7 Å². The van der Waals surface area contributed by atoms with Crippen molar-refractivity contribution in [2.45, 2.75) is 12.8 Å². The standard InChI is InChI=1S/C26H22N4O5/c31-25-21-9-5-4-8-20(21)24(17-6-2-1-3-7-17)27-29(25)23-16-19(10-11-22(23)30(34)35)28-14-12-18(13-15-28)26(32)33/h1-11,16,18H,12-15H2,(H,32,33). The number of carboxylic acids is 1. The fourth-order valence-electron chi connectivity index (χ4n) is 4.58. The van der Waals surface area contributed by atoms with E-state index in [0.717, 1.165) is 10.2 Å². The number of aromatic nitrogens is 2. The van der Waals surface area contributed by atoms with Gasteiger partial charge in [-0.05, 0) is 31.0 Å². The lowest BCUT2D eigenvalue weighted by molar-refractivity contribution is -0.384. The predicted molar refractivity (Wildman–Crippen MR) is 132 cm³/mol. The number of aliphatic carboxylic acids is 1. The Labute approximate surface area is 200 Å². The Morgan fingerprint density at radius 3 is 2.29 bits per heavy atom. The van der Waals surface area contributed by atoms with Crippen molar-refractivity contribution in [2.24, 2.45) is 5.92 Å². The molecule has 0 atom stereocenters. The normalized spacial score (nSPS) is 14.2. The van der Waals surface area contributed by atoms with E-state index in [1.54, 1.807) is 24.3 Å². The minimum absolute atomic E-state index is 0.0702. The number of nitro benzene ring substituents is 1. The van der Waals surface area contributed by atoms with Gasteiger partial charge in [0, 0.05) is 35.8 Å². The highest BCUT2D eigenvalue weighted by Gasteiger charge is 2.27. The Balaban J connectivity index is 1.68. The van der Waals surface area contributed by atoms with Crippen molar-refractivity contribution in [1.29, 1.82) is 0 Å². The van der Waals surface area contributed by atoms with Crippen molar-refractivity contribution < 1.29 is 14.8 Å². The minimum atomic E-state index is -0.811. The highest BCUT2D eigenvalue weighted by atomic mass is 16.6. The Morgan fingerprint density at radius 2 is 1.63 bits per heavy atom. The predicted octanol–water partition coefficient (Wildman–Crippen LogP) is 4.26. The molecule has 0 radical (unpaired) electrons. The van der Waals surface area contributed by atoms with Crippen LogP contribution in [0.1, 0.15) is 12.8 Å². The van der Waals surface area contributed by atoms with Crippen molar-refractivity contribution in [3.63, 3.8) is 0 Å². The average molecular weight is 470 g/mol. The third kappa shape index (κ3) is 4.12. The van der Waals surface area contributed by atoms with E-state index in [0.29, 0.717) is 48.1 Å². The van der Waals surface area contributed by atoms with Gasteiger partial charge >= 0.3 is 5.97 Å². The number of nitrogens with zero attached hydrogens (tertiary/aromatic N) is 4. The van der Waals surface area contributed by atoms with E-state index in [2.05, 4.69) is 5.10 Å². The molecule has 1 fully saturated rings. The molecule has 35 heavy (non-hydrogen) atoms. The zero-order chi connectivity index (χ0) is 24.5. The first-order valence-electron chi connectivity index (χ1n) is 11.3. The number of hydrogen-bond acceptors (Lipinski definition) is 6. The first-order valence-corrected chi connectivity index (χ1v) is 11.3. The molecule has 5 rings (SSSR count). The summed E-state index contributed by atoms with van der Waals surface area (Å²) in [7, 11) is 0. The van der Waals surface area contributed by atoms with Gasteiger partial charge in [0.25, 0.3) is 11.2 Å². The first kappa shape index (κ1) is 22.3. The van der Waals surface area contributed by atoms with Crippen LogP contribution in [0, 0.1) is 16.0 Å². The molecule has 1 aliphatic heterocycles. The Bertz CT molecular complexity index is 1490. The van der Waals surface area contributed by atoms with Gasteiger partial charge in [-0.1, -0.05) is 48.5 Å². The monoisotopic (exact) mass is 470 g/mol. The van der Waals surface area contributed by atoms with E-state index >= 15 is 0 Å². The van der Waals surface area contributed by atoms with Gasteiger partial charge < -0.3 is 10.0 Å². The molecule has 9 nitrogen and oxygen atoms in total. The molecule has 0 aliphatic carbocycles. The van der Waals surface area contributed by atoms with Crippen molar-refractivity contribution in [3.05, 3.63) is 93.3 Å². The van der Waals surface area contributed by atoms with E-state index in [1.807, 2.05) is 47.4 Å². The number of fused-ring (bicyclic) bond motifs is 1. The lowest BCUT2D eigenvalue weighted by atomic mass is 9.96. The number of anilines is 1. The molecule has 0 saturated carbocycles. The second-order valence-corrected chi connectivity index (χ2v) is 8.51. The summed E-state index contributed by atoms with van der Waals surface area (Å²) in [6, 6.07) is 21.0. The van der Waals surface area contributed by atoms with Gasteiger partial charge in [-0.25, -0.2) is 0 Å². The highest BCUT2D eigenvalue weighted by molar-refractivity contribution is 5.94. The van der Waals surface area contributed by atoms with Gasteiger partial charge in [0.2, 0.25) is 0 Å². The summed E-state index contributed by atoms with van der Waals surface area (Å²) in [6.45, 7) is 1.01. The highest BCUT2D eigenvalue weighted by Crippen LogP contribution is 2.32. The number of rotatable bonds is 5. The second-order valence-electron chi connectivity index (χ2n) is 8.51. The molecule has 9 heteroatoms. The quantitative estimate of drug-likeness (QED) is 0.342. The molecule has 3 aromatic carbocycles. The van der Waals surface area contributed by atoms with Crippen LogP contribution in [0.15, 0.2) is 77.6 Å². The molecule has 1 aliphatic rings. The summed E-state index contributed by atoms with van der Waals surface area (Å²) in [5.74, 6) is -1.21. The van der Waals surface area contributed by atoms with Gasteiger partial charge in [0.1, 0.15) is 5.69 Å². The van der Waals surface area contributed by atoms with Crippen molar-refractivity contribution in [2.75, 3.05) is 18.0 Å². The first-order chi connectivity index (χ1) is 16.9. The third-order valence-corrected chi connectivity index (χ3v) is 6.45. The van der Waals surface area contributed by atoms with Crippen molar-refractivity contribution in [1.82, 2.24) is 9.78 Å². The molecule has 4 aromatic rings. The minimum Gasteiger partial charge on any atom is -0.481 e. The lowest BCUT2D eigenvalue weighted by Crippen LogP contribution is -2.36. The fraction of sp³-hybridized carbons (Fsp3) is 0.192. The molecule has 0 amide bonds. The molecule has 0 unspecified atom stereocenters. The van der Waals surface area contributed by atoms with Crippen LogP contribution in [0.5, 0.6) is 0 Å². The number of piperidine rings is 1. The number of nitro groups is 1. The van der Waals surface area contributed by atoms with Crippen LogP contribution in [0.2, 0.25) is 0 Å². The molecule has 1 saturated heterocycles. The van der Waals surface area contributed by atoms with Gasteiger partial charge in [-0.15, -0.1) is 0 Å². The van der Waals surface area contributed by atoms with Crippen LogP contribution in [0.3, 0.4) is 0 Å². The molecule has 0 spiro atoms. The number of carbonyl (C=O) groups is 1. The lowest BCUT2D eigenvalue weighted by Gasteiger charge is -2.32. The van der Waals surface area contributed by atoms with Crippen LogP contribution in [0.25, 0.3) is 27.7 Å². The molecular formula is C26H22N4O5. The largest absolute Gasteiger partial charge is 0.481 e. The van der Waals surface area contributed by atoms with Gasteiger partial charge in [-0.2, -0.15) is 9.78 Å². The van der Waals surface area contributed by atoms with Gasteiger partial charge in [0.15, 0.2) is 0 Å². The van der Waals surface area contributed by atoms with Crippen LogP contribution in [-0.4, -0.2) is 38.9 Å².